The van der Waals surface area contributed by atoms with E-state index in [2.05, 4.69) is 31.3 Å². The molecule has 0 bridgehead atoms. The molecular weight excluding hydrogens is 410 g/mol. The van der Waals surface area contributed by atoms with Crippen LogP contribution >= 0.6 is 0 Å². The summed E-state index contributed by atoms with van der Waals surface area (Å²) in [6, 6.07) is 11.3. The Morgan fingerprint density at radius 3 is 2.10 bits per heavy atom. The van der Waals surface area contributed by atoms with E-state index in [1.807, 2.05) is 32.9 Å². The molecule has 0 spiro atoms. The Hall–Kier alpha value is -2.22. The molecule has 0 atom stereocenters. The molecule has 1 aliphatic heterocycles. The molecule has 168 valence electrons. The number of carbonyl (C=O) groups is 1. The third-order valence-corrected chi connectivity index (χ3v) is 7.88. The van der Waals surface area contributed by atoms with Crippen molar-refractivity contribution in [2.75, 3.05) is 38.0 Å². The Morgan fingerprint density at radius 2 is 1.58 bits per heavy atom. The van der Waals surface area contributed by atoms with Gasteiger partial charge in [-0.2, -0.15) is 4.31 Å². The van der Waals surface area contributed by atoms with Gasteiger partial charge in [-0.15, -0.1) is 0 Å². The fourth-order valence-corrected chi connectivity index (χ4v) is 5.62. The molecule has 2 aromatic carbocycles. The number of hydrogen-bond acceptors (Lipinski definition) is 3. The van der Waals surface area contributed by atoms with E-state index >= 15 is 0 Å². The zero-order valence-corrected chi connectivity index (χ0v) is 20.0. The molecule has 1 saturated heterocycles. The molecule has 1 amide bonds. The van der Waals surface area contributed by atoms with Crippen molar-refractivity contribution < 1.29 is 18.1 Å². The average Bonchev–Trinajstić information content (AvgIpc) is 2.71. The van der Waals surface area contributed by atoms with Crippen LogP contribution in [0, 0.1) is 20.8 Å². The van der Waals surface area contributed by atoms with Crippen molar-refractivity contribution in [3.63, 3.8) is 0 Å². The van der Waals surface area contributed by atoms with Gasteiger partial charge in [-0.1, -0.05) is 43.7 Å². The first kappa shape index (κ1) is 23.4. The molecule has 31 heavy (non-hydrogen) atoms. The summed E-state index contributed by atoms with van der Waals surface area (Å²) < 4.78 is 27.5. The van der Waals surface area contributed by atoms with Gasteiger partial charge in [0.15, 0.2) is 6.54 Å². The van der Waals surface area contributed by atoms with E-state index in [0.717, 1.165) is 27.3 Å². The lowest BCUT2D eigenvalue weighted by Gasteiger charge is -2.31. The predicted octanol–water partition coefficient (Wildman–Crippen LogP) is 2.26. The Bertz CT molecular complexity index is 1020. The van der Waals surface area contributed by atoms with Crippen molar-refractivity contribution in [3.05, 3.63) is 58.7 Å². The van der Waals surface area contributed by atoms with E-state index in [-0.39, 0.29) is 5.91 Å². The van der Waals surface area contributed by atoms with Gasteiger partial charge in [-0.05, 0) is 55.5 Å². The highest BCUT2D eigenvalue weighted by atomic mass is 32.2. The molecule has 3 rings (SSSR count). The number of rotatable bonds is 6. The molecule has 0 radical (unpaired) electrons. The second kappa shape index (κ2) is 9.51. The van der Waals surface area contributed by atoms with Crippen LogP contribution in [0.2, 0.25) is 0 Å². The molecule has 1 heterocycles. The summed E-state index contributed by atoms with van der Waals surface area (Å²) in [6.45, 7) is 12.6. The maximum Gasteiger partial charge on any atom is 0.279 e. The minimum absolute atomic E-state index is 0.0364. The van der Waals surface area contributed by atoms with Crippen LogP contribution in [-0.4, -0.2) is 51.4 Å². The zero-order chi connectivity index (χ0) is 22.8. The molecule has 0 aliphatic carbocycles. The number of carbonyl (C=O) groups excluding carboxylic acids is 1. The second-order valence-electron chi connectivity index (χ2n) is 8.88. The molecule has 0 saturated carbocycles. The first-order valence-corrected chi connectivity index (χ1v) is 12.3. The highest BCUT2D eigenvalue weighted by Crippen LogP contribution is 2.22. The molecule has 6 nitrogen and oxygen atoms in total. The van der Waals surface area contributed by atoms with Crippen molar-refractivity contribution in [3.8, 4) is 0 Å². The molecule has 2 aromatic rings. The largest absolute Gasteiger partial charge is 0.325 e. The predicted molar refractivity (Wildman–Crippen MR) is 124 cm³/mol. The Labute approximate surface area is 186 Å². The van der Waals surface area contributed by atoms with Crippen molar-refractivity contribution in [1.82, 2.24) is 4.31 Å². The van der Waals surface area contributed by atoms with E-state index in [1.165, 1.54) is 9.87 Å². The first-order valence-electron chi connectivity index (χ1n) is 10.9. The quantitative estimate of drug-likeness (QED) is 0.718. The molecule has 7 heteroatoms. The minimum atomic E-state index is -3.50. The lowest BCUT2D eigenvalue weighted by molar-refractivity contribution is -0.895. The van der Waals surface area contributed by atoms with Crippen LogP contribution in [0.25, 0.3) is 0 Å². The maximum atomic E-state index is 13.0. The number of nitrogens with zero attached hydrogens (tertiary/aromatic N) is 1. The van der Waals surface area contributed by atoms with Crippen LogP contribution < -0.4 is 10.2 Å². The van der Waals surface area contributed by atoms with Crippen molar-refractivity contribution in [2.45, 2.75) is 45.4 Å². The molecule has 2 N–H and O–H groups in total. The minimum Gasteiger partial charge on any atom is -0.325 e. The van der Waals surface area contributed by atoms with Gasteiger partial charge in [0, 0.05) is 5.69 Å². The van der Waals surface area contributed by atoms with Gasteiger partial charge in [-0.25, -0.2) is 8.42 Å². The highest BCUT2D eigenvalue weighted by molar-refractivity contribution is 7.89. The smallest absolute Gasteiger partial charge is 0.279 e. The van der Waals surface area contributed by atoms with Gasteiger partial charge >= 0.3 is 0 Å². The van der Waals surface area contributed by atoms with Crippen LogP contribution in [-0.2, 0) is 14.8 Å². The van der Waals surface area contributed by atoms with Crippen molar-refractivity contribution in [1.29, 1.82) is 0 Å². The fourth-order valence-electron chi connectivity index (χ4n) is 4.18. The summed E-state index contributed by atoms with van der Waals surface area (Å²) in [4.78, 5) is 14.0. The lowest BCUT2D eigenvalue weighted by Crippen LogP contribution is -3.15. The highest BCUT2D eigenvalue weighted by Gasteiger charge is 2.31. The van der Waals surface area contributed by atoms with Gasteiger partial charge in [0.1, 0.15) is 0 Å². The number of aryl methyl sites for hydroxylation is 3. The molecule has 1 fully saturated rings. The normalized spacial score (nSPS) is 15.9. The number of piperazine rings is 1. The third kappa shape index (κ3) is 5.53. The lowest BCUT2D eigenvalue weighted by atomic mass is 10.0. The number of quaternary nitrogens is 1. The standard InChI is InChI=1S/C24H33N3O3S/c1-17(2)21-6-8-22(9-7-21)31(29,30)27-12-10-26(11-13-27)16-23(28)25-24-19(4)14-18(3)15-20(24)5/h6-9,14-15,17H,10-13,16H2,1-5H3,(H,25,28)/p+1. The van der Waals surface area contributed by atoms with E-state index in [4.69, 9.17) is 0 Å². The van der Waals surface area contributed by atoms with Crippen molar-refractivity contribution in [2.24, 2.45) is 0 Å². The van der Waals surface area contributed by atoms with Crippen LogP contribution in [0.4, 0.5) is 5.69 Å². The van der Waals surface area contributed by atoms with Gasteiger partial charge in [-0.3, -0.25) is 4.79 Å². The summed E-state index contributed by atoms with van der Waals surface area (Å²) in [5.74, 6) is 0.327. The molecule has 1 aliphatic rings. The summed E-state index contributed by atoms with van der Waals surface area (Å²) in [7, 11) is -3.50. The fraction of sp³-hybridized carbons (Fsp3) is 0.458. The topological polar surface area (TPSA) is 70.9 Å². The number of sulfonamides is 1. The Kier molecular flexibility index (Phi) is 7.19. The maximum absolute atomic E-state index is 13.0. The summed E-state index contributed by atoms with van der Waals surface area (Å²) in [5.41, 5.74) is 5.29. The number of anilines is 1. The van der Waals surface area contributed by atoms with E-state index in [0.29, 0.717) is 43.5 Å². The van der Waals surface area contributed by atoms with E-state index < -0.39 is 10.0 Å². The van der Waals surface area contributed by atoms with Crippen LogP contribution in [0.15, 0.2) is 41.3 Å². The molecular formula is C24H34N3O3S+. The average molecular weight is 445 g/mol. The second-order valence-corrected chi connectivity index (χ2v) is 10.8. The first-order chi connectivity index (χ1) is 14.6. The van der Waals surface area contributed by atoms with Gasteiger partial charge < -0.3 is 10.2 Å². The Morgan fingerprint density at radius 1 is 1.03 bits per heavy atom. The number of nitrogens with one attached hydrogen (secondary N) is 2. The zero-order valence-electron chi connectivity index (χ0n) is 19.2. The number of benzene rings is 2. The van der Waals surface area contributed by atoms with Crippen LogP contribution in [0.5, 0.6) is 0 Å². The third-order valence-electron chi connectivity index (χ3n) is 5.97. The number of hydrogen-bond donors (Lipinski definition) is 2. The summed E-state index contributed by atoms with van der Waals surface area (Å²) in [5, 5.41) is 3.04. The van der Waals surface area contributed by atoms with Crippen molar-refractivity contribution >= 4 is 21.6 Å². The van der Waals surface area contributed by atoms with Crippen LogP contribution in [0.3, 0.4) is 0 Å². The van der Waals surface area contributed by atoms with Gasteiger partial charge in [0.2, 0.25) is 10.0 Å². The Balaban J connectivity index is 1.57. The van der Waals surface area contributed by atoms with E-state index in [1.54, 1.807) is 12.1 Å². The van der Waals surface area contributed by atoms with E-state index in [9.17, 15) is 13.2 Å². The van der Waals surface area contributed by atoms with Crippen LogP contribution in [0.1, 0.15) is 42.0 Å². The monoisotopic (exact) mass is 444 g/mol. The summed E-state index contributed by atoms with van der Waals surface area (Å²) in [6.07, 6.45) is 0. The number of amides is 1. The van der Waals surface area contributed by atoms with Gasteiger partial charge in [0.25, 0.3) is 5.91 Å². The van der Waals surface area contributed by atoms with Gasteiger partial charge in [0.05, 0.1) is 31.1 Å². The SMILES string of the molecule is Cc1cc(C)c(NC(=O)C[NH+]2CCN(S(=O)(=O)c3ccc(C(C)C)cc3)CC2)c(C)c1. The molecule has 0 unspecified atom stereocenters. The molecule has 0 aromatic heterocycles. The summed E-state index contributed by atoms with van der Waals surface area (Å²) >= 11 is 0.